The number of amides is 2. The molecule has 1 fully saturated rings. The Bertz CT molecular complexity index is 819. The van der Waals surface area contributed by atoms with Gasteiger partial charge in [-0.1, -0.05) is 12.1 Å². The molecule has 140 valence electrons. The van der Waals surface area contributed by atoms with E-state index in [-0.39, 0.29) is 12.1 Å². The number of hydrogen-bond donors (Lipinski definition) is 1. The number of rotatable bonds is 4. The van der Waals surface area contributed by atoms with Crippen molar-refractivity contribution in [2.75, 3.05) is 36.4 Å². The van der Waals surface area contributed by atoms with Crippen molar-refractivity contribution in [3.63, 3.8) is 0 Å². The van der Waals surface area contributed by atoms with Crippen molar-refractivity contribution in [1.29, 1.82) is 5.26 Å². The Balaban J connectivity index is 1.58. The van der Waals surface area contributed by atoms with Crippen LogP contribution in [-0.4, -0.2) is 43.2 Å². The summed E-state index contributed by atoms with van der Waals surface area (Å²) in [6.45, 7) is 6.80. The average molecular weight is 364 g/mol. The molecule has 6 nitrogen and oxygen atoms in total. The van der Waals surface area contributed by atoms with Crippen LogP contribution in [0.3, 0.4) is 0 Å². The maximum Gasteiger partial charge on any atom is 0.321 e. The zero-order valence-corrected chi connectivity index (χ0v) is 15.7. The van der Waals surface area contributed by atoms with Crippen molar-refractivity contribution in [1.82, 2.24) is 4.90 Å². The number of anilines is 2. The van der Waals surface area contributed by atoms with E-state index in [0.717, 1.165) is 24.5 Å². The van der Waals surface area contributed by atoms with Gasteiger partial charge < -0.3 is 19.9 Å². The molecular weight excluding hydrogens is 340 g/mol. The topological polar surface area (TPSA) is 68.6 Å². The third-order valence-corrected chi connectivity index (χ3v) is 4.40. The highest BCUT2D eigenvalue weighted by Gasteiger charge is 2.23. The molecule has 3 rings (SSSR count). The Hall–Kier alpha value is -3.20. The molecule has 0 saturated carbocycles. The smallest absolute Gasteiger partial charge is 0.321 e. The van der Waals surface area contributed by atoms with Gasteiger partial charge in [0.05, 0.1) is 23.4 Å². The molecule has 2 amide bonds. The van der Waals surface area contributed by atoms with Crippen LogP contribution in [0.15, 0.2) is 48.5 Å². The van der Waals surface area contributed by atoms with E-state index in [1.54, 1.807) is 29.2 Å². The first-order valence-corrected chi connectivity index (χ1v) is 9.13. The molecule has 6 heteroatoms. The lowest BCUT2D eigenvalue weighted by Gasteiger charge is -2.36. The van der Waals surface area contributed by atoms with E-state index in [0.29, 0.717) is 24.3 Å². The molecule has 1 N–H and O–H groups in total. The van der Waals surface area contributed by atoms with Gasteiger partial charge in [0.15, 0.2) is 0 Å². The van der Waals surface area contributed by atoms with Crippen LogP contribution in [0.5, 0.6) is 5.75 Å². The second kappa shape index (κ2) is 8.45. The zero-order valence-electron chi connectivity index (χ0n) is 15.7. The van der Waals surface area contributed by atoms with E-state index < -0.39 is 0 Å². The van der Waals surface area contributed by atoms with Crippen molar-refractivity contribution in [3.05, 3.63) is 54.1 Å². The van der Waals surface area contributed by atoms with Crippen LogP contribution >= 0.6 is 0 Å². The monoisotopic (exact) mass is 364 g/mol. The molecule has 0 atom stereocenters. The number of piperazine rings is 1. The standard InChI is InChI=1S/C21H24N4O2/c1-16(2)27-20-6-4-3-5-19(20)24-11-13-25(14-12-24)21(26)23-18-9-7-17(15-22)8-10-18/h3-10,16H,11-14H2,1-2H3,(H,23,26). The van der Waals surface area contributed by atoms with Crippen molar-refractivity contribution < 1.29 is 9.53 Å². The summed E-state index contributed by atoms with van der Waals surface area (Å²) in [7, 11) is 0. The highest BCUT2D eigenvalue weighted by molar-refractivity contribution is 5.89. The lowest BCUT2D eigenvalue weighted by atomic mass is 10.2. The summed E-state index contributed by atoms with van der Waals surface area (Å²) in [6, 6.07) is 16.8. The Labute approximate surface area is 160 Å². The average Bonchev–Trinajstić information content (AvgIpc) is 2.69. The van der Waals surface area contributed by atoms with Gasteiger partial charge in [0.1, 0.15) is 5.75 Å². The molecule has 1 aliphatic heterocycles. The van der Waals surface area contributed by atoms with Crippen molar-refractivity contribution in [3.8, 4) is 11.8 Å². The maximum atomic E-state index is 12.5. The van der Waals surface area contributed by atoms with Crippen molar-refractivity contribution >= 4 is 17.4 Å². The summed E-state index contributed by atoms with van der Waals surface area (Å²) in [5, 5.41) is 11.7. The number of carbonyl (C=O) groups excluding carboxylic acids is 1. The first-order chi connectivity index (χ1) is 13.1. The van der Waals surface area contributed by atoms with Crippen molar-refractivity contribution in [2.24, 2.45) is 0 Å². The van der Waals surface area contributed by atoms with Gasteiger partial charge in [-0.3, -0.25) is 0 Å². The summed E-state index contributed by atoms with van der Waals surface area (Å²) in [5.74, 6) is 0.878. The molecule has 27 heavy (non-hydrogen) atoms. The maximum absolute atomic E-state index is 12.5. The summed E-state index contributed by atoms with van der Waals surface area (Å²) in [6.07, 6.45) is 0.116. The fourth-order valence-corrected chi connectivity index (χ4v) is 3.05. The quantitative estimate of drug-likeness (QED) is 0.898. The largest absolute Gasteiger partial charge is 0.489 e. The minimum atomic E-state index is -0.119. The number of urea groups is 1. The third kappa shape index (κ3) is 4.70. The molecule has 0 aromatic heterocycles. The summed E-state index contributed by atoms with van der Waals surface area (Å²) in [5.41, 5.74) is 2.33. The molecule has 0 bridgehead atoms. The molecule has 0 spiro atoms. The van der Waals surface area contributed by atoms with Gasteiger partial charge in [0.2, 0.25) is 0 Å². The minimum absolute atomic E-state index is 0.116. The molecule has 0 unspecified atom stereocenters. The number of carbonyl (C=O) groups is 1. The molecule has 0 aliphatic carbocycles. The van der Waals surface area contributed by atoms with Crippen molar-refractivity contribution in [2.45, 2.75) is 20.0 Å². The van der Waals surface area contributed by atoms with Crippen LogP contribution in [0, 0.1) is 11.3 Å². The highest BCUT2D eigenvalue weighted by Crippen LogP contribution is 2.29. The highest BCUT2D eigenvalue weighted by atomic mass is 16.5. The van der Waals surface area contributed by atoms with E-state index in [1.165, 1.54) is 0 Å². The molecule has 1 aliphatic rings. The first kappa shape index (κ1) is 18.6. The van der Waals surface area contributed by atoms with Crippen LogP contribution in [-0.2, 0) is 0 Å². The summed E-state index contributed by atoms with van der Waals surface area (Å²) < 4.78 is 5.91. The van der Waals surface area contributed by atoms with Crippen LogP contribution < -0.4 is 15.0 Å². The lowest BCUT2D eigenvalue weighted by Crippen LogP contribution is -2.50. The molecule has 2 aromatic carbocycles. The molecular formula is C21H24N4O2. The second-order valence-corrected chi connectivity index (χ2v) is 6.73. The second-order valence-electron chi connectivity index (χ2n) is 6.73. The molecule has 1 saturated heterocycles. The van der Waals surface area contributed by atoms with E-state index in [4.69, 9.17) is 10.00 Å². The van der Waals surface area contributed by atoms with Gasteiger partial charge in [0.25, 0.3) is 0 Å². The Morgan fingerprint density at radius 2 is 1.74 bits per heavy atom. The van der Waals surface area contributed by atoms with Gasteiger partial charge in [-0.15, -0.1) is 0 Å². The third-order valence-electron chi connectivity index (χ3n) is 4.40. The zero-order chi connectivity index (χ0) is 19.2. The number of nitrogens with zero attached hydrogens (tertiary/aromatic N) is 3. The van der Waals surface area contributed by atoms with Gasteiger partial charge >= 0.3 is 6.03 Å². The summed E-state index contributed by atoms with van der Waals surface area (Å²) in [4.78, 5) is 16.5. The van der Waals surface area contributed by atoms with Crippen LogP contribution in [0.25, 0.3) is 0 Å². The summed E-state index contributed by atoms with van der Waals surface area (Å²) >= 11 is 0. The number of benzene rings is 2. The fraction of sp³-hybridized carbons (Fsp3) is 0.333. The van der Waals surface area contributed by atoms with Crippen LogP contribution in [0.2, 0.25) is 0 Å². The molecule has 2 aromatic rings. The van der Waals surface area contributed by atoms with Gasteiger partial charge in [0, 0.05) is 31.9 Å². The molecule has 1 heterocycles. The van der Waals surface area contributed by atoms with Gasteiger partial charge in [-0.05, 0) is 50.2 Å². The number of nitrogens with one attached hydrogen (secondary N) is 1. The molecule has 0 radical (unpaired) electrons. The number of nitriles is 1. The normalized spacial score (nSPS) is 14.0. The predicted octanol–water partition coefficient (Wildman–Crippen LogP) is 3.70. The first-order valence-electron chi connectivity index (χ1n) is 9.13. The Morgan fingerprint density at radius 1 is 1.07 bits per heavy atom. The Morgan fingerprint density at radius 3 is 2.37 bits per heavy atom. The fourth-order valence-electron chi connectivity index (χ4n) is 3.05. The SMILES string of the molecule is CC(C)Oc1ccccc1N1CCN(C(=O)Nc2ccc(C#N)cc2)CC1. The van der Waals surface area contributed by atoms with Gasteiger partial charge in [-0.2, -0.15) is 5.26 Å². The van der Waals surface area contributed by atoms with E-state index in [2.05, 4.69) is 22.4 Å². The number of ether oxygens (including phenoxy) is 1. The van der Waals surface area contributed by atoms with E-state index in [1.807, 2.05) is 32.0 Å². The number of hydrogen-bond acceptors (Lipinski definition) is 4. The predicted molar refractivity (Wildman–Crippen MR) is 106 cm³/mol. The van der Waals surface area contributed by atoms with E-state index in [9.17, 15) is 4.79 Å². The van der Waals surface area contributed by atoms with Gasteiger partial charge in [-0.25, -0.2) is 4.79 Å². The minimum Gasteiger partial charge on any atom is -0.489 e. The van der Waals surface area contributed by atoms with E-state index >= 15 is 0 Å². The Kier molecular flexibility index (Phi) is 5.82. The van der Waals surface area contributed by atoms with Crippen LogP contribution in [0.1, 0.15) is 19.4 Å². The lowest BCUT2D eigenvalue weighted by molar-refractivity contribution is 0.207. The van der Waals surface area contributed by atoms with Crippen LogP contribution in [0.4, 0.5) is 16.2 Å². The number of para-hydroxylation sites is 2.